The van der Waals surface area contributed by atoms with Crippen LogP contribution in [-0.2, 0) is 6.54 Å². The molecule has 1 aromatic heterocycles. The molecular weight excluding hydrogens is 244 g/mol. The van der Waals surface area contributed by atoms with Crippen molar-refractivity contribution in [2.24, 2.45) is 0 Å². The largest absolute Gasteiger partial charge is 0.493 e. The Morgan fingerprint density at radius 3 is 2.63 bits per heavy atom. The van der Waals surface area contributed by atoms with Gasteiger partial charge in [-0.15, -0.1) is 0 Å². The summed E-state index contributed by atoms with van der Waals surface area (Å²) in [4.78, 5) is 14.6. The summed E-state index contributed by atoms with van der Waals surface area (Å²) >= 11 is 0. The number of H-pyrrole nitrogens is 1. The fourth-order valence-electron chi connectivity index (χ4n) is 1.74. The minimum Gasteiger partial charge on any atom is -0.493 e. The highest BCUT2D eigenvalue weighted by molar-refractivity contribution is 5.92. The van der Waals surface area contributed by atoms with Gasteiger partial charge < -0.3 is 19.8 Å². The number of benzene rings is 1. The predicted octanol–water partition coefficient (Wildman–Crippen LogP) is 1.96. The number of aromatic nitrogens is 1. The van der Waals surface area contributed by atoms with E-state index in [1.165, 1.54) is 0 Å². The lowest BCUT2D eigenvalue weighted by Gasteiger charge is -2.10. The maximum Gasteiger partial charge on any atom is 0.267 e. The van der Waals surface area contributed by atoms with Crippen molar-refractivity contribution in [3.8, 4) is 11.5 Å². The van der Waals surface area contributed by atoms with Gasteiger partial charge >= 0.3 is 0 Å². The van der Waals surface area contributed by atoms with Crippen LogP contribution in [-0.4, -0.2) is 25.1 Å². The summed E-state index contributed by atoms with van der Waals surface area (Å²) in [5, 5.41) is 2.82. The molecule has 0 bridgehead atoms. The van der Waals surface area contributed by atoms with Crippen molar-refractivity contribution in [1.29, 1.82) is 0 Å². The first-order valence-corrected chi connectivity index (χ1v) is 5.87. The lowest BCUT2D eigenvalue weighted by Crippen LogP contribution is -2.23. The fraction of sp³-hybridized carbons (Fsp3) is 0.214. The van der Waals surface area contributed by atoms with E-state index in [1.807, 2.05) is 18.2 Å². The van der Waals surface area contributed by atoms with E-state index in [4.69, 9.17) is 9.47 Å². The summed E-state index contributed by atoms with van der Waals surface area (Å²) in [6.07, 6.45) is 1.71. The number of amides is 1. The second-order valence-electron chi connectivity index (χ2n) is 3.96. The van der Waals surface area contributed by atoms with Gasteiger partial charge in [-0.05, 0) is 29.8 Å². The molecule has 0 aliphatic heterocycles. The van der Waals surface area contributed by atoms with E-state index >= 15 is 0 Å². The molecule has 0 unspecified atom stereocenters. The molecule has 0 spiro atoms. The molecule has 0 fully saturated rings. The number of carbonyl (C=O) groups excluding carboxylic acids is 1. The van der Waals surface area contributed by atoms with Crippen LogP contribution < -0.4 is 14.8 Å². The quantitative estimate of drug-likeness (QED) is 0.863. The van der Waals surface area contributed by atoms with E-state index in [9.17, 15) is 4.79 Å². The summed E-state index contributed by atoms with van der Waals surface area (Å²) in [6.45, 7) is 0.429. The number of aromatic amines is 1. The van der Waals surface area contributed by atoms with Crippen LogP contribution in [0.25, 0.3) is 0 Å². The molecule has 0 aliphatic rings. The second kappa shape index (κ2) is 5.95. The highest BCUT2D eigenvalue weighted by atomic mass is 16.5. The first-order valence-electron chi connectivity index (χ1n) is 5.87. The molecule has 2 aromatic rings. The first-order chi connectivity index (χ1) is 9.24. The molecule has 100 valence electrons. The normalized spacial score (nSPS) is 10.0. The Morgan fingerprint density at radius 2 is 2.00 bits per heavy atom. The van der Waals surface area contributed by atoms with Crippen molar-refractivity contribution in [1.82, 2.24) is 10.3 Å². The number of carbonyl (C=O) groups is 1. The summed E-state index contributed by atoms with van der Waals surface area (Å²) in [6, 6.07) is 9.05. The maximum absolute atomic E-state index is 11.8. The summed E-state index contributed by atoms with van der Waals surface area (Å²) in [5.74, 6) is 1.18. The lowest BCUT2D eigenvalue weighted by molar-refractivity contribution is 0.0946. The zero-order valence-electron chi connectivity index (χ0n) is 10.9. The number of hydrogen-bond acceptors (Lipinski definition) is 3. The predicted molar refractivity (Wildman–Crippen MR) is 71.5 cm³/mol. The molecule has 0 saturated heterocycles. The molecule has 2 rings (SSSR count). The van der Waals surface area contributed by atoms with Gasteiger partial charge in [0.15, 0.2) is 11.5 Å². The van der Waals surface area contributed by atoms with Gasteiger partial charge in [0, 0.05) is 12.7 Å². The van der Waals surface area contributed by atoms with Gasteiger partial charge in [0.2, 0.25) is 0 Å². The molecule has 5 nitrogen and oxygen atoms in total. The van der Waals surface area contributed by atoms with Crippen LogP contribution in [0.2, 0.25) is 0 Å². The molecule has 0 aliphatic carbocycles. The SMILES string of the molecule is COc1ccc(CNC(=O)c2ccc[nH]2)cc1OC. The van der Waals surface area contributed by atoms with Crippen molar-refractivity contribution in [2.75, 3.05) is 14.2 Å². The van der Waals surface area contributed by atoms with Crippen molar-refractivity contribution in [2.45, 2.75) is 6.54 Å². The standard InChI is InChI=1S/C14H16N2O3/c1-18-12-6-5-10(8-13(12)19-2)9-16-14(17)11-4-3-7-15-11/h3-8,15H,9H2,1-2H3,(H,16,17). The molecule has 0 saturated carbocycles. The van der Waals surface area contributed by atoms with Gasteiger partial charge in [0.05, 0.1) is 14.2 Å². The van der Waals surface area contributed by atoms with Crippen LogP contribution in [0.4, 0.5) is 0 Å². The highest BCUT2D eigenvalue weighted by Gasteiger charge is 2.07. The van der Waals surface area contributed by atoms with Crippen molar-refractivity contribution in [3.63, 3.8) is 0 Å². The molecule has 1 amide bonds. The van der Waals surface area contributed by atoms with Gasteiger partial charge in [-0.2, -0.15) is 0 Å². The third kappa shape index (κ3) is 3.07. The Balaban J connectivity index is 2.02. The number of methoxy groups -OCH3 is 2. The molecule has 19 heavy (non-hydrogen) atoms. The Labute approximate surface area is 111 Å². The number of nitrogens with one attached hydrogen (secondary N) is 2. The van der Waals surface area contributed by atoms with Gasteiger partial charge in [-0.1, -0.05) is 6.07 Å². The van der Waals surface area contributed by atoms with E-state index in [-0.39, 0.29) is 5.91 Å². The Hall–Kier alpha value is -2.43. The zero-order chi connectivity index (χ0) is 13.7. The highest BCUT2D eigenvalue weighted by Crippen LogP contribution is 2.27. The van der Waals surface area contributed by atoms with E-state index in [2.05, 4.69) is 10.3 Å². The summed E-state index contributed by atoms with van der Waals surface area (Å²) < 4.78 is 10.4. The molecule has 5 heteroatoms. The topological polar surface area (TPSA) is 63.3 Å². The van der Waals surface area contributed by atoms with E-state index in [0.717, 1.165) is 5.56 Å². The van der Waals surface area contributed by atoms with Crippen molar-refractivity contribution < 1.29 is 14.3 Å². The third-order valence-electron chi connectivity index (χ3n) is 2.74. The van der Waals surface area contributed by atoms with Crippen LogP contribution in [0.3, 0.4) is 0 Å². The monoisotopic (exact) mass is 260 g/mol. The second-order valence-corrected chi connectivity index (χ2v) is 3.96. The van der Waals surface area contributed by atoms with Crippen molar-refractivity contribution in [3.05, 3.63) is 47.8 Å². The summed E-state index contributed by atoms with van der Waals surface area (Å²) in [7, 11) is 3.17. The molecular formula is C14H16N2O3. The molecule has 1 aromatic carbocycles. The molecule has 0 atom stereocenters. The van der Waals surface area contributed by atoms with Crippen LogP contribution >= 0.6 is 0 Å². The van der Waals surface area contributed by atoms with Crippen LogP contribution in [0.15, 0.2) is 36.5 Å². The number of ether oxygens (including phenoxy) is 2. The van der Waals surface area contributed by atoms with Gasteiger partial charge in [-0.3, -0.25) is 4.79 Å². The Morgan fingerprint density at radius 1 is 1.21 bits per heavy atom. The number of rotatable bonds is 5. The van der Waals surface area contributed by atoms with Gasteiger partial charge in [0.1, 0.15) is 5.69 Å². The Bertz CT molecular complexity index is 550. The minimum atomic E-state index is -0.139. The smallest absolute Gasteiger partial charge is 0.267 e. The average molecular weight is 260 g/mol. The van der Waals surface area contributed by atoms with Crippen LogP contribution in [0, 0.1) is 0 Å². The summed E-state index contributed by atoms with van der Waals surface area (Å²) in [5.41, 5.74) is 1.48. The van der Waals surface area contributed by atoms with Crippen LogP contribution in [0.1, 0.15) is 16.1 Å². The zero-order valence-corrected chi connectivity index (χ0v) is 10.9. The van der Waals surface area contributed by atoms with Gasteiger partial charge in [0.25, 0.3) is 5.91 Å². The van der Waals surface area contributed by atoms with Gasteiger partial charge in [-0.25, -0.2) is 0 Å². The van der Waals surface area contributed by atoms with E-state index in [0.29, 0.717) is 23.7 Å². The lowest BCUT2D eigenvalue weighted by atomic mass is 10.2. The van der Waals surface area contributed by atoms with E-state index in [1.54, 1.807) is 32.5 Å². The average Bonchev–Trinajstić information content (AvgIpc) is 2.98. The maximum atomic E-state index is 11.8. The molecule has 2 N–H and O–H groups in total. The third-order valence-corrected chi connectivity index (χ3v) is 2.74. The number of hydrogen-bond donors (Lipinski definition) is 2. The molecule has 1 heterocycles. The van der Waals surface area contributed by atoms with Crippen LogP contribution in [0.5, 0.6) is 11.5 Å². The minimum absolute atomic E-state index is 0.139. The van der Waals surface area contributed by atoms with E-state index < -0.39 is 0 Å². The fourth-order valence-corrected chi connectivity index (χ4v) is 1.74. The first kappa shape index (κ1) is 13.0. The Kier molecular flexibility index (Phi) is 4.07. The molecule has 0 radical (unpaired) electrons. The van der Waals surface area contributed by atoms with Crippen molar-refractivity contribution >= 4 is 5.91 Å².